The molecule has 3 rings (SSSR count). The number of aromatic nitrogens is 2. The van der Waals surface area contributed by atoms with Gasteiger partial charge in [-0.15, -0.1) is 0 Å². The third kappa shape index (κ3) is 6.64. The minimum Gasteiger partial charge on any atom is -0.497 e. The fourth-order valence-corrected chi connectivity index (χ4v) is 2.73. The summed E-state index contributed by atoms with van der Waals surface area (Å²) in [6, 6.07) is 15.9. The minimum absolute atomic E-state index is 0.222. The average Bonchev–Trinajstić information content (AvgIpc) is 2.73. The van der Waals surface area contributed by atoms with Crippen molar-refractivity contribution in [3.63, 3.8) is 0 Å². The van der Waals surface area contributed by atoms with Crippen LogP contribution in [0.2, 0.25) is 0 Å². The molecule has 0 aliphatic heterocycles. The summed E-state index contributed by atoms with van der Waals surface area (Å²) in [5, 5.41) is 6.47. The molecule has 0 unspecified atom stereocenters. The maximum Gasteiger partial charge on any atom is 0.224 e. The van der Waals surface area contributed by atoms with Crippen molar-refractivity contribution in [2.75, 3.05) is 37.4 Å². The molecule has 0 bridgehead atoms. The van der Waals surface area contributed by atoms with Crippen LogP contribution in [0.3, 0.4) is 0 Å². The van der Waals surface area contributed by atoms with Gasteiger partial charge in [0.1, 0.15) is 29.7 Å². The van der Waals surface area contributed by atoms with E-state index < -0.39 is 0 Å². The molecular weight excluding hydrogens is 371 g/mol. The second kappa shape index (κ2) is 10.3. The normalized spacial score (nSPS) is 10.4. The molecule has 0 saturated heterocycles. The van der Waals surface area contributed by atoms with E-state index in [0.717, 1.165) is 35.0 Å². The lowest BCUT2D eigenvalue weighted by Crippen LogP contribution is -2.15. The second-order valence-electron chi connectivity index (χ2n) is 6.47. The van der Waals surface area contributed by atoms with E-state index in [0.29, 0.717) is 25.6 Å². The van der Waals surface area contributed by atoms with E-state index in [4.69, 9.17) is 9.47 Å². The monoisotopic (exact) mass is 396 g/mol. The quantitative estimate of drug-likeness (QED) is 0.504. The average molecular weight is 396 g/mol. The maximum absolute atomic E-state index is 13.0. The smallest absolute Gasteiger partial charge is 0.224 e. The highest BCUT2D eigenvalue weighted by atomic mass is 19.1. The van der Waals surface area contributed by atoms with Gasteiger partial charge >= 0.3 is 0 Å². The van der Waals surface area contributed by atoms with Crippen LogP contribution >= 0.6 is 0 Å². The summed E-state index contributed by atoms with van der Waals surface area (Å²) in [7, 11) is 1.63. The Morgan fingerprint density at radius 3 is 2.34 bits per heavy atom. The van der Waals surface area contributed by atoms with Gasteiger partial charge < -0.3 is 20.1 Å². The van der Waals surface area contributed by atoms with Gasteiger partial charge in [0.15, 0.2) is 0 Å². The summed E-state index contributed by atoms with van der Waals surface area (Å²) in [4.78, 5) is 8.88. The van der Waals surface area contributed by atoms with Gasteiger partial charge in [0.05, 0.1) is 13.7 Å². The van der Waals surface area contributed by atoms with Gasteiger partial charge in [-0.25, -0.2) is 9.37 Å². The number of anilines is 2. The third-order valence-corrected chi connectivity index (χ3v) is 4.20. The maximum atomic E-state index is 13.0. The van der Waals surface area contributed by atoms with E-state index in [-0.39, 0.29) is 5.82 Å². The van der Waals surface area contributed by atoms with Crippen LogP contribution < -0.4 is 20.1 Å². The van der Waals surface area contributed by atoms with Crippen molar-refractivity contribution in [2.24, 2.45) is 0 Å². The molecule has 0 atom stereocenters. The van der Waals surface area contributed by atoms with Crippen molar-refractivity contribution >= 4 is 11.8 Å². The van der Waals surface area contributed by atoms with E-state index in [9.17, 15) is 4.39 Å². The topological polar surface area (TPSA) is 68.3 Å². The van der Waals surface area contributed by atoms with Crippen LogP contribution in [0.15, 0.2) is 54.6 Å². The number of hydrogen-bond acceptors (Lipinski definition) is 6. The van der Waals surface area contributed by atoms with Crippen LogP contribution in [0.4, 0.5) is 16.2 Å². The first kappa shape index (κ1) is 20.4. The molecule has 0 aliphatic rings. The summed E-state index contributed by atoms with van der Waals surface area (Å²) in [6.07, 6.45) is 0.780. The Labute approximate surface area is 170 Å². The second-order valence-corrected chi connectivity index (χ2v) is 6.47. The molecule has 2 aromatic carbocycles. The first-order chi connectivity index (χ1) is 14.1. The summed E-state index contributed by atoms with van der Waals surface area (Å²) >= 11 is 0. The highest BCUT2D eigenvalue weighted by molar-refractivity contribution is 5.42. The van der Waals surface area contributed by atoms with E-state index in [2.05, 4.69) is 20.6 Å². The fourth-order valence-electron chi connectivity index (χ4n) is 2.73. The van der Waals surface area contributed by atoms with Crippen LogP contribution in [0.1, 0.15) is 11.3 Å². The van der Waals surface area contributed by atoms with Gasteiger partial charge in [0.25, 0.3) is 0 Å². The SMILES string of the molecule is COc1ccc(OCCNc2nc(C)cc(NCCc3ccc(F)cc3)n2)cc1. The van der Waals surface area contributed by atoms with Crippen molar-refractivity contribution in [1.29, 1.82) is 0 Å². The van der Waals surface area contributed by atoms with Crippen LogP contribution in [-0.2, 0) is 6.42 Å². The fraction of sp³-hybridized carbons (Fsp3) is 0.273. The molecule has 0 radical (unpaired) electrons. The number of rotatable bonds is 10. The number of aryl methyl sites for hydroxylation is 1. The minimum atomic E-state index is -0.222. The molecule has 0 fully saturated rings. The molecule has 29 heavy (non-hydrogen) atoms. The molecule has 152 valence electrons. The zero-order chi connectivity index (χ0) is 20.5. The molecule has 0 saturated carbocycles. The predicted molar refractivity (Wildman–Crippen MR) is 112 cm³/mol. The molecule has 1 aromatic heterocycles. The largest absolute Gasteiger partial charge is 0.497 e. The summed E-state index contributed by atoms with van der Waals surface area (Å²) in [5.41, 5.74) is 1.93. The van der Waals surface area contributed by atoms with Crippen molar-refractivity contribution < 1.29 is 13.9 Å². The highest BCUT2D eigenvalue weighted by Gasteiger charge is 2.03. The summed E-state index contributed by atoms with van der Waals surface area (Å²) < 4.78 is 23.8. The number of ether oxygens (including phenoxy) is 2. The van der Waals surface area contributed by atoms with Gasteiger partial charge in [-0.05, 0) is 55.3 Å². The van der Waals surface area contributed by atoms with E-state index in [1.165, 1.54) is 12.1 Å². The number of methoxy groups -OCH3 is 1. The van der Waals surface area contributed by atoms with Gasteiger partial charge in [-0.3, -0.25) is 0 Å². The predicted octanol–water partition coefficient (Wildman–Crippen LogP) is 4.08. The molecule has 0 spiro atoms. The summed E-state index contributed by atoms with van der Waals surface area (Å²) in [5.74, 6) is 2.65. The van der Waals surface area contributed by atoms with E-state index in [1.807, 2.05) is 37.3 Å². The molecule has 0 amide bonds. The van der Waals surface area contributed by atoms with Gasteiger partial charge in [-0.2, -0.15) is 4.98 Å². The first-order valence-corrected chi connectivity index (χ1v) is 9.47. The molecule has 0 aliphatic carbocycles. The molecule has 7 heteroatoms. The Morgan fingerprint density at radius 1 is 0.897 bits per heavy atom. The lowest BCUT2D eigenvalue weighted by molar-refractivity contribution is 0.331. The molecule has 2 N–H and O–H groups in total. The molecular formula is C22H25FN4O2. The van der Waals surface area contributed by atoms with Crippen LogP contribution in [0.25, 0.3) is 0 Å². The Balaban J connectivity index is 1.44. The lowest BCUT2D eigenvalue weighted by Gasteiger charge is -2.11. The standard InChI is InChI=1S/C22H25FN4O2/c1-16-15-21(24-12-11-17-3-5-18(23)6-4-17)27-22(26-16)25-13-14-29-20-9-7-19(28-2)8-10-20/h3-10,15H,11-14H2,1-2H3,(H2,24,25,26,27). The Morgan fingerprint density at radius 2 is 1.62 bits per heavy atom. The van der Waals surface area contributed by atoms with Gasteiger partial charge in [-0.1, -0.05) is 12.1 Å². The Bertz CT molecular complexity index is 902. The number of hydrogen-bond donors (Lipinski definition) is 2. The van der Waals surface area contributed by atoms with Crippen molar-refractivity contribution in [2.45, 2.75) is 13.3 Å². The van der Waals surface area contributed by atoms with Crippen LogP contribution in [-0.4, -0.2) is 36.8 Å². The van der Waals surface area contributed by atoms with Gasteiger partial charge in [0.2, 0.25) is 5.95 Å². The zero-order valence-corrected chi connectivity index (χ0v) is 16.6. The van der Waals surface area contributed by atoms with Gasteiger partial charge in [0, 0.05) is 18.3 Å². The van der Waals surface area contributed by atoms with Crippen LogP contribution in [0.5, 0.6) is 11.5 Å². The van der Waals surface area contributed by atoms with Crippen molar-refractivity contribution in [3.05, 3.63) is 71.7 Å². The number of nitrogens with zero attached hydrogens (tertiary/aromatic N) is 2. The Hall–Kier alpha value is -3.35. The van der Waals surface area contributed by atoms with Crippen molar-refractivity contribution in [3.8, 4) is 11.5 Å². The highest BCUT2D eigenvalue weighted by Crippen LogP contribution is 2.17. The number of halogens is 1. The molecule has 1 heterocycles. The van der Waals surface area contributed by atoms with Crippen LogP contribution in [0, 0.1) is 12.7 Å². The molecule has 6 nitrogen and oxygen atoms in total. The Kier molecular flexibility index (Phi) is 7.22. The lowest BCUT2D eigenvalue weighted by atomic mass is 10.1. The molecule has 3 aromatic rings. The van der Waals surface area contributed by atoms with E-state index >= 15 is 0 Å². The van der Waals surface area contributed by atoms with E-state index in [1.54, 1.807) is 19.2 Å². The number of benzene rings is 2. The first-order valence-electron chi connectivity index (χ1n) is 9.47. The summed E-state index contributed by atoms with van der Waals surface area (Å²) in [6.45, 7) is 3.68. The third-order valence-electron chi connectivity index (χ3n) is 4.20. The zero-order valence-electron chi connectivity index (χ0n) is 16.6. The van der Waals surface area contributed by atoms with Crippen molar-refractivity contribution in [1.82, 2.24) is 9.97 Å². The number of nitrogens with one attached hydrogen (secondary N) is 2.